The summed E-state index contributed by atoms with van der Waals surface area (Å²) < 4.78 is 1.22. The van der Waals surface area contributed by atoms with Crippen molar-refractivity contribution in [3.63, 3.8) is 0 Å². The summed E-state index contributed by atoms with van der Waals surface area (Å²) >= 11 is 2.29. The average molecular weight is 334 g/mol. The number of hydrogen-bond acceptors (Lipinski definition) is 0. The summed E-state index contributed by atoms with van der Waals surface area (Å²) in [7, 11) is 0. The van der Waals surface area contributed by atoms with E-state index in [1.54, 1.807) is 0 Å². The number of rotatable bonds is 0. The van der Waals surface area contributed by atoms with Crippen LogP contribution in [0.3, 0.4) is 0 Å². The van der Waals surface area contributed by atoms with Crippen LogP contribution in [0, 0.1) is 0 Å². The second-order valence-electron chi connectivity index (χ2n) is 2.19. The SMILES string of the molecule is CCI.[Ti+2].c1cc[cH-]c1.c1cc[cH-]c1. The summed E-state index contributed by atoms with van der Waals surface area (Å²) in [5, 5.41) is 0. The zero-order valence-electron chi connectivity index (χ0n) is 8.36. The Morgan fingerprint density at radius 2 is 1.07 bits per heavy atom. The molecule has 2 heteroatoms. The van der Waals surface area contributed by atoms with E-state index in [0.717, 1.165) is 0 Å². The Balaban J connectivity index is 0. The molecule has 0 unspecified atom stereocenters. The third-order valence-electron chi connectivity index (χ3n) is 1.11. The summed E-state index contributed by atoms with van der Waals surface area (Å²) in [6.07, 6.45) is 0. The fraction of sp³-hybridized carbons (Fsp3) is 0.167. The van der Waals surface area contributed by atoms with E-state index in [1.807, 2.05) is 60.7 Å². The van der Waals surface area contributed by atoms with Gasteiger partial charge in [0.1, 0.15) is 0 Å². The normalized spacial score (nSPS) is 7.00. The topological polar surface area (TPSA) is 0 Å². The first-order chi connectivity index (χ1) is 6.41. The van der Waals surface area contributed by atoms with Crippen molar-refractivity contribution in [2.75, 3.05) is 4.43 Å². The Hall–Kier alpha value is 0.144. The smallest absolute Gasteiger partial charge is 0.214 e. The van der Waals surface area contributed by atoms with Crippen LogP contribution in [0.15, 0.2) is 60.7 Å². The van der Waals surface area contributed by atoms with Gasteiger partial charge in [-0.3, -0.25) is 0 Å². The molecule has 0 heterocycles. The average Bonchev–Trinajstić information content (AvgIpc) is 2.85. The molecule has 0 aliphatic heterocycles. The van der Waals surface area contributed by atoms with Crippen LogP contribution in [-0.2, 0) is 21.7 Å². The summed E-state index contributed by atoms with van der Waals surface area (Å²) in [6, 6.07) is 20.0. The van der Waals surface area contributed by atoms with E-state index in [2.05, 4.69) is 29.5 Å². The summed E-state index contributed by atoms with van der Waals surface area (Å²) in [4.78, 5) is 0. The minimum Gasteiger partial charge on any atom is -0.214 e. The van der Waals surface area contributed by atoms with Gasteiger partial charge in [-0.2, -0.15) is 36.4 Å². The summed E-state index contributed by atoms with van der Waals surface area (Å²) in [5.41, 5.74) is 0. The fourth-order valence-electron chi connectivity index (χ4n) is 0.642. The zero-order chi connectivity index (χ0) is 9.78. The van der Waals surface area contributed by atoms with Crippen molar-refractivity contribution in [2.24, 2.45) is 0 Å². The van der Waals surface area contributed by atoms with Crippen LogP contribution >= 0.6 is 22.6 Å². The van der Waals surface area contributed by atoms with Gasteiger partial charge in [0, 0.05) is 0 Å². The number of hydrogen-bond donors (Lipinski definition) is 0. The fourth-order valence-corrected chi connectivity index (χ4v) is 0.642. The molecule has 0 atom stereocenters. The quantitative estimate of drug-likeness (QED) is 0.292. The number of halogens is 1. The molecule has 14 heavy (non-hydrogen) atoms. The van der Waals surface area contributed by atoms with E-state index in [0.29, 0.717) is 0 Å². The van der Waals surface area contributed by atoms with Gasteiger partial charge in [0.2, 0.25) is 0 Å². The second-order valence-corrected chi connectivity index (χ2v) is 3.72. The molecule has 0 bridgehead atoms. The first-order valence-corrected chi connectivity index (χ1v) is 5.83. The molecule has 0 saturated heterocycles. The van der Waals surface area contributed by atoms with Crippen LogP contribution in [0.25, 0.3) is 0 Å². The van der Waals surface area contributed by atoms with Crippen LogP contribution in [-0.4, -0.2) is 4.43 Å². The minimum absolute atomic E-state index is 0. The molecule has 0 aromatic heterocycles. The maximum atomic E-state index is 2.29. The summed E-state index contributed by atoms with van der Waals surface area (Å²) in [6.45, 7) is 2.11. The van der Waals surface area contributed by atoms with Crippen LogP contribution in [0.1, 0.15) is 6.92 Å². The molecule has 2 rings (SSSR count). The largest absolute Gasteiger partial charge is 2.00 e. The molecular formula is C12H15ITi. The van der Waals surface area contributed by atoms with Crippen molar-refractivity contribution >= 4 is 22.6 Å². The Kier molecular flexibility index (Phi) is 18.5. The molecule has 2 aromatic rings. The van der Waals surface area contributed by atoms with Gasteiger partial charge in [-0.1, -0.05) is 29.5 Å². The predicted octanol–water partition coefficient (Wildman–Crippen LogP) is 4.25. The first-order valence-electron chi connectivity index (χ1n) is 4.31. The third-order valence-corrected chi connectivity index (χ3v) is 1.11. The van der Waals surface area contributed by atoms with E-state index in [9.17, 15) is 0 Å². The monoisotopic (exact) mass is 334 g/mol. The van der Waals surface area contributed by atoms with Crippen LogP contribution in [0.4, 0.5) is 0 Å². The van der Waals surface area contributed by atoms with E-state index < -0.39 is 0 Å². The van der Waals surface area contributed by atoms with Gasteiger partial charge in [0.25, 0.3) is 0 Å². The molecule has 2 aromatic carbocycles. The van der Waals surface area contributed by atoms with Crippen molar-refractivity contribution in [3.8, 4) is 0 Å². The van der Waals surface area contributed by atoms with Gasteiger partial charge in [-0.05, 0) is 4.43 Å². The Morgan fingerprint density at radius 1 is 0.857 bits per heavy atom. The van der Waals surface area contributed by atoms with Crippen LogP contribution < -0.4 is 0 Å². The summed E-state index contributed by atoms with van der Waals surface area (Å²) in [5.74, 6) is 0. The Labute approximate surface area is 115 Å². The Bertz CT molecular complexity index is 162. The van der Waals surface area contributed by atoms with Gasteiger partial charge in [0.05, 0.1) is 0 Å². The zero-order valence-corrected chi connectivity index (χ0v) is 12.1. The molecule has 0 aliphatic carbocycles. The van der Waals surface area contributed by atoms with Crippen LogP contribution in [0.2, 0.25) is 0 Å². The molecule has 0 radical (unpaired) electrons. The van der Waals surface area contributed by atoms with Gasteiger partial charge in [-0.25, -0.2) is 24.3 Å². The van der Waals surface area contributed by atoms with E-state index in [-0.39, 0.29) is 21.7 Å². The maximum absolute atomic E-state index is 2.29. The molecule has 0 fully saturated rings. The maximum Gasteiger partial charge on any atom is 2.00 e. The molecule has 0 amide bonds. The van der Waals surface area contributed by atoms with Crippen molar-refractivity contribution in [1.82, 2.24) is 0 Å². The standard InChI is InChI=1S/2C5H5.C2H5I.Ti/c2*1-2-4-5-3-1;1-2-3;/h2*1-5H;2H2,1H3;/q2*-1;;+2. The molecule has 0 aliphatic rings. The van der Waals surface area contributed by atoms with E-state index in [4.69, 9.17) is 0 Å². The predicted molar refractivity (Wildman–Crippen MR) is 68.6 cm³/mol. The van der Waals surface area contributed by atoms with Crippen LogP contribution in [0.5, 0.6) is 0 Å². The molecule has 0 nitrogen and oxygen atoms in total. The second kappa shape index (κ2) is 15.6. The van der Waals surface area contributed by atoms with Crippen molar-refractivity contribution in [3.05, 3.63) is 60.7 Å². The van der Waals surface area contributed by atoms with Gasteiger partial charge in [-0.15, -0.1) is 0 Å². The molecule has 0 saturated carbocycles. The molecular weight excluding hydrogens is 319 g/mol. The van der Waals surface area contributed by atoms with Crippen molar-refractivity contribution in [1.29, 1.82) is 0 Å². The first kappa shape index (κ1) is 16.6. The molecule has 0 N–H and O–H groups in total. The Morgan fingerprint density at radius 3 is 1.14 bits per heavy atom. The van der Waals surface area contributed by atoms with Gasteiger partial charge < -0.3 is 0 Å². The molecule has 0 spiro atoms. The number of alkyl halides is 1. The van der Waals surface area contributed by atoms with Gasteiger partial charge >= 0.3 is 21.7 Å². The van der Waals surface area contributed by atoms with E-state index >= 15 is 0 Å². The van der Waals surface area contributed by atoms with Crippen molar-refractivity contribution < 1.29 is 21.7 Å². The van der Waals surface area contributed by atoms with E-state index in [1.165, 1.54) is 4.43 Å². The van der Waals surface area contributed by atoms with Crippen molar-refractivity contribution in [2.45, 2.75) is 6.92 Å². The third kappa shape index (κ3) is 14.7. The van der Waals surface area contributed by atoms with Gasteiger partial charge in [0.15, 0.2) is 0 Å². The minimum atomic E-state index is 0. The molecule has 74 valence electrons.